The van der Waals surface area contributed by atoms with E-state index in [4.69, 9.17) is 10.5 Å². The topological polar surface area (TPSA) is 64.3 Å². The van der Waals surface area contributed by atoms with Gasteiger partial charge in [-0.2, -0.15) is 0 Å². The molecule has 3 N–H and O–H groups in total. The van der Waals surface area contributed by atoms with Crippen LogP contribution in [0.15, 0.2) is 23.5 Å². The molecule has 0 saturated carbocycles. The molecule has 1 aliphatic heterocycles. The zero-order valence-electron chi connectivity index (χ0n) is 8.38. The van der Waals surface area contributed by atoms with Gasteiger partial charge >= 0.3 is 5.97 Å². The summed E-state index contributed by atoms with van der Waals surface area (Å²) in [7, 11) is 0. The summed E-state index contributed by atoms with van der Waals surface area (Å²) in [5, 5.41) is 2.96. The Morgan fingerprint density at radius 1 is 1.64 bits per heavy atom. The first-order chi connectivity index (χ1) is 6.74. The standard InChI is InChI=1S/C10H16N2O2/c1-2-7-14-10(13)8-3-4-9(11)12-6-5-8/h3-4,12H,2,5-7,11H2,1H3. The molecule has 78 valence electrons. The molecule has 0 amide bonds. The Bertz CT molecular complexity index is 269. The van der Waals surface area contributed by atoms with Gasteiger partial charge in [-0.05, 0) is 25.0 Å². The number of nitrogens with one attached hydrogen (secondary N) is 1. The Morgan fingerprint density at radius 3 is 3.14 bits per heavy atom. The van der Waals surface area contributed by atoms with Gasteiger partial charge in [-0.25, -0.2) is 4.79 Å². The zero-order valence-corrected chi connectivity index (χ0v) is 8.38. The van der Waals surface area contributed by atoms with Gasteiger partial charge in [-0.3, -0.25) is 0 Å². The van der Waals surface area contributed by atoms with Crippen LogP contribution in [0.25, 0.3) is 0 Å². The van der Waals surface area contributed by atoms with Crippen molar-refractivity contribution >= 4 is 5.97 Å². The van der Waals surface area contributed by atoms with E-state index in [9.17, 15) is 4.79 Å². The lowest BCUT2D eigenvalue weighted by molar-refractivity contribution is -0.139. The van der Waals surface area contributed by atoms with E-state index in [1.165, 1.54) is 0 Å². The summed E-state index contributed by atoms with van der Waals surface area (Å²) in [6.45, 7) is 3.12. The smallest absolute Gasteiger partial charge is 0.334 e. The highest BCUT2D eigenvalue weighted by Gasteiger charge is 2.11. The molecule has 0 aromatic rings. The predicted octanol–water partition coefficient (Wildman–Crippen LogP) is 0.659. The summed E-state index contributed by atoms with van der Waals surface area (Å²) in [5.41, 5.74) is 6.22. The quantitative estimate of drug-likeness (QED) is 0.651. The summed E-state index contributed by atoms with van der Waals surface area (Å²) in [6, 6.07) is 0. The van der Waals surface area contributed by atoms with Crippen LogP contribution >= 0.6 is 0 Å². The van der Waals surface area contributed by atoms with Crippen LogP contribution in [-0.4, -0.2) is 19.1 Å². The molecular formula is C10H16N2O2. The van der Waals surface area contributed by atoms with Gasteiger partial charge in [0.05, 0.1) is 12.4 Å². The first-order valence-electron chi connectivity index (χ1n) is 4.81. The first kappa shape index (κ1) is 10.6. The van der Waals surface area contributed by atoms with Gasteiger partial charge in [0.2, 0.25) is 0 Å². The summed E-state index contributed by atoms with van der Waals surface area (Å²) in [5.74, 6) is 0.350. The molecule has 1 heterocycles. The molecule has 0 spiro atoms. The Labute approximate surface area is 83.8 Å². The number of esters is 1. The number of allylic oxidation sites excluding steroid dienone is 2. The molecule has 4 nitrogen and oxygen atoms in total. The third-order valence-electron chi connectivity index (χ3n) is 1.89. The average Bonchev–Trinajstić information content (AvgIpc) is 2.39. The van der Waals surface area contributed by atoms with Crippen LogP contribution < -0.4 is 11.1 Å². The number of nitrogens with two attached hydrogens (primary N) is 1. The van der Waals surface area contributed by atoms with E-state index in [2.05, 4.69) is 5.32 Å². The van der Waals surface area contributed by atoms with E-state index < -0.39 is 0 Å². The van der Waals surface area contributed by atoms with Gasteiger partial charge in [0.25, 0.3) is 0 Å². The Hall–Kier alpha value is -1.45. The second-order valence-corrected chi connectivity index (χ2v) is 3.13. The molecule has 0 saturated heterocycles. The van der Waals surface area contributed by atoms with Gasteiger partial charge in [0.15, 0.2) is 0 Å². The van der Waals surface area contributed by atoms with Crippen LogP contribution in [0.4, 0.5) is 0 Å². The molecule has 0 unspecified atom stereocenters. The minimum absolute atomic E-state index is 0.236. The molecule has 14 heavy (non-hydrogen) atoms. The second kappa shape index (κ2) is 5.32. The molecule has 4 heteroatoms. The van der Waals surface area contributed by atoms with Crippen molar-refractivity contribution in [2.45, 2.75) is 19.8 Å². The highest BCUT2D eigenvalue weighted by atomic mass is 16.5. The second-order valence-electron chi connectivity index (χ2n) is 3.13. The maximum Gasteiger partial charge on any atom is 0.334 e. The van der Waals surface area contributed by atoms with Crippen LogP contribution in [0.2, 0.25) is 0 Å². The minimum Gasteiger partial charge on any atom is -0.462 e. The van der Waals surface area contributed by atoms with Gasteiger partial charge in [-0.15, -0.1) is 0 Å². The van der Waals surface area contributed by atoms with E-state index in [0.717, 1.165) is 6.42 Å². The van der Waals surface area contributed by atoms with Crippen molar-refractivity contribution in [1.29, 1.82) is 0 Å². The number of hydrogen-bond acceptors (Lipinski definition) is 4. The molecule has 1 aliphatic rings. The minimum atomic E-state index is -0.236. The lowest BCUT2D eigenvalue weighted by atomic mass is 10.2. The van der Waals surface area contributed by atoms with Crippen molar-refractivity contribution < 1.29 is 9.53 Å². The Morgan fingerprint density at radius 2 is 2.43 bits per heavy atom. The molecule has 0 aromatic carbocycles. The van der Waals surface area contributed by atoms with Gasteiger partial charge < -0.3 is 15.8 Å². The summed E-state index contributed by atoms with van der Waals surface area (Å²) >= 11 is 0. The van der Waals surface area contributed by atoms with E-state index in [1.54, 1.807) is 12.2 Å². The van der Waals surface area contributed by atoms with Gasteiger partial charge in [0.1, 0.15) is 0 Å². The van der Waals surface area contributed by atoms with Crippen LogP contribution in [0.5, 0.6) is 0 Å². The molecule has 0 radical (unpaired) electrons. The molecule has 1 rings (SSSR count). The number of carbonyl (C=O) groups is 1. The molecule has 0 aliphatic carbocycles. The van der Waals surface area contributed by atoms with E-state index in [1.807, 2.05) is 6.92 Å². The number of carbonyl (C=O) groups excluding carboxylic acids is 1. The normalized spacial score (nSPS) is 16.1. The molecule has 0 bridgehead atoms. The maximum atomic E-state index is 11.4. The summed E-state index contributed by atoms with van der Waals surface area (Å²) < 4.78 is 5.02. The highest BCUT2D eigenvalue weighted by Crippen LogP contribution is 2.07. The molecule has 0 atom stereocenters. The largest absolute Gasteiger partial charge is 0.462 e. The predicted molar refractivity (Wildman–Crippen MR) is 54.2 cm³/mol. The lowest BCUT2D eigenvalue weighted by Crippen LogP contribution is -2.20. The van der Waals surface area contributed by atoms with E-state index in [0.29, 0.717) is 31.0 Å². The zero-order chi connectivity index (χ0) is 10.4. The number of ether oxygens (including phenoxy) is 1. The molecule has 0 aromatic heterocycles. The van der Waals surface area contributed by atoms with Gasteiger partial charge in [-0.1, -0.05) is 6.92 Å². The fourth-order valence-corrected chi connectivity index (χ4v) is 1.13. The first-order valence-corrected chi connectivity index (χ1v) is 4.81. The monoisotopic (exact) mass is 196 g/mol. The van der Waals surface area contributed by atoms with Crippen molar-refractivity contribution in [1.82, 2.24) is 5.32 Å². The van der Waals surface area contributed by atoms with Gasteiger partial charge in [0, 0.05) is 12.1 Å². The van der Waals surface area contributed by atoms with Crippen LogP contribution in [0.1, 0.15) is 19.8 Å². The number of rotatable bonds is 3. The third-order valence-corrected chi connectivity index (χ3v) is 1.89. The van der Waals surface area contributed by atoms with Crippen LogP contribution in [0.3, 0.4) is 0 Å². The molecule has 0 fully saturated rings. The van der Waals surface area contributed by atoms with Crippen molar-refractivity contribution in [2.24, 2.45) is 5.73 Å². The summed E-state index contributed by atoms with van der Waals surface area (Å²) in [6.07, 6.45) is 4.90. The van der Waals surface area contributed by atoms with Crippen molar-refractivity contribution in [3.8, 4) is 0 Å². The summed E-state index contributed by atoms with van der Waals surface area (Å²) in [4.78, 5) is 11.4. The lowest BCUT2D eigenvalue weighted by Gasteiger charge is -2.05. The van der Waals surface area contributed by atoms with E-state index in [-0.39, 0.29) is 5.97 Å². The third kappa shape index (κ3) is 3.12. The van der Waals surface area contributed by atoms with Crippen molar-refractivity contribution in [2.75, 3.05) is 13.2 Å². The average molecular weight is 196 g/mol. The van der Waals surface area contributed by atoms with Crippen molar-refractivity contribution in [3.63, 3.8) is 0 Å². The molecular weight excluding hydrogens is 180 g/mol. The van der Waals surface area contributed by atoms with Crippen molar-refractivity contribution in [3.05, 3.63) is 23.5 Å². The van der Waals surface area contributed by atoms with Crippen LogP contribution in [0, 0.1) is 0 Å². The number of hydrogen-bond donors (Lipinski definition) is 2. The maximum absolute atomic E-state index is 11.4. The van der Waals surface area contributed by atoms with E-state index >= 15 is 0 Å². The Balaban J connectivity index is 2.54. The SMILES string of the molecule is CCCOC(=O)C1=CC=C(N)NCC1. The fraction of sp³-hybridized carbons (Fsp3) is 0.500. The Kier molecular flexibility index (Phi) is 4.04. The van der Waals surface area contributed by atoms with Crippen LogP contribution in [-0.2, 0) is 9.53 Å². The fourth-order valence-electron chi connectivity index (χ4n) is 1.13. The highest BCUT2D eigenvalue weighted by molar-refractivity contribution is 5.88.